The third-order valence-electron chi connectivity index (χ3n) is 2.28. The van der Waals surface area contributed by atoms with Crippen LogP contribution in [0.25, 0.3) is 0 Å². The van der Waals surface area contributed by atoms with Gasteiger partial charge in [0.15, 0.2) is 0 Å². The summed E-state index contributed by atoms with van der Waals surface area (Å²) in [5.74, 6) is -2.95. The number of hydrogen-bond acceptors (Lipinski definition) is 9. The second-order valence-electron chi connectivity index (χ2n) is 4.08. The van der Waals surface area contributed by atoms with E-state index in [0.717, 1.165) is 0 Å². The Morgan fingerprint density at radius 2 is 1.10 bits per heavy atom. The molecule has 0 rings (SSSR count). The van der Waals surface area contributed by atoms with E-state index in [9.17, 15) is 14.4 Å². The molecule has 0 aromatic heterocycles. The Morgan fingerprint density at radius 1 is 0.714 bits per heavy atom. The number of ether oxygens (including phenoxy) is 3. The van der Waals surface area contributed by atoms with Crippen LogP contribution in [0.1, 0.15) is 12.8 Å². The van der Waals surface area contributed by atoms with Crippen LogP contribution in [0.15, 0.2) is 0 Å². The molecule has 0 bridgehead atoms. The molecule has 0 aliphatic carbocycles. The van der Waals surface area contributed by atoms with Crippen molar-refractivity contribution >= 4 is 17.9 Å². The second kappa shape index (κ2) is 12.1. The largest absolute Gasteiger partial charge is 0.464 e. The zero-order valence-electron chi connectivity index (χ0n) is 11.9. The van der Waals surface area contributed by atoms with Crippen molar-refractivity contribution in [3.63, 3.8) is 0 Å². The highest BCUT2D eigenvalue weighted by atomic mass is 16.5. The van der Waals surface area contributed by atoms with Crippen LogP contribution in [0.4, 0.5) is 0 Å². The first-order valence-corrected chi connectivity index (χ1v) is 6.63. The molecule has 9 heteroatoms. The first-order chi connectivity index (χ1) is 10.0. The molecule has 9 nitrogen and oxygen atoms in total. The van der Waals surface area contributed by atoms with Crippen molar-refractivity contribution in [1.82, 2.24) is 0 Å². The molecular formula is C12H23N3O6. The van der Waals surface area contributed by atoms with Crippen LogP contribution in [-0.2, 0) is 28.6 Å². The van der Waals surface area contributed by atoms with Crippen molar-refractivity contribution in [1.29, 1.82) is 0 Å². The summed E-state index contributed by atoms with van der Waals surface area (Å²) in [6.45, 7) is 0.583. The van der Waals surface area contributed by atoms with Gasteiger partial charge in [-0.25, -0.2) is 0 Å². The average Bonchev–Trinajstić information content (AvgIpc) is 2.47. The highest BCUT2D eigenvalue weighted by Gasteiger charge is 2.27. The summed E-state index contributed by atoms with van der Waals surface area (Å²) in [7, 11) is 0. The Hall–Kier alpha value is -1.71. The fraction of sp³-hybridized carbons (Fsp3) is 0.750. The van der Waals surface area contributed by atoms with Crippen LogP contribution in [0, 0.1) is 5.92 Å². The van der Waals surface area contributed by atoms with Gasteiger partial charge in [-0.1, -0.05) is 0 Å². The van der Waals surface area contributed by atoms with Crippen LogP contribution in [0.5, 0.6) is 0 Å². The van der Waals surface area contributed by atoms with Gasteiger partial charge in [0.05, 0.1) is 18.8 Å². The summed E-state index contributed by atoms with van der Waals surface area (Å²) in [6.07, 6.45) is -0.581. The number of carbonyl (C=O) groups is 3. The van der Waals surface area contributed by atoms with Crippen molar-refractivity contribution in [3.8, 4) is 0 Å². The first-order valence-electron chi connectivity index (χ1n) is 6.63. The molecular weight excluding hydrogens is 282 g/mol. The van der Waals surface area contributed by atoms with Crippen LogP contribution in [0.2, 0.25) is 0 Å². The zero-order valence-corrected chi connectivity index (χ0v) is 11.9. The van der Waals surface area contributed by atoms with Gasteiger partial charge in [0, 0.05) is 19.6 Å². The lowest BCUT2D eigenvalue weighted by Gasteiger charge is -2.14. The third kappa shape index (κ3) is 9.77. The van der Waals surface area contributed by atoms with Crippen molar-refractivity contribution < 1.29 is 28.6 Å². The van der Waals surface area contributed by atoms with Gasteiger partial charge in [-0.3, -0.25) is 14.4 Å². The topological polar surface area (TPSA) is 157 Å². The van der Waals surface area contributed by atoms with E-state index in [2.05, 4.69) is 0 Å². The van der Waals surface area contributed by atoms with Crippen LogP contribution >= 0.6 is 0 Å². The molecule has 0 spiro atoms. The van der Waals surface area contributed by atoms with E-state index < -0.39 is 23.8 Å². The number of rotatable bonds is 11. The average molecular weight is 305 g/mol. The normalized spacial score (nSPS) is 10.3. The maximum atomic E-state index is 11.8. The van der Waals surface area contributed by atoms with Crippen molar-refractivity contribution in [2.75, 3.05) is 39.5 Å². The van der Waals surface area contributed by atoms with E-state index in [1.807, 2.05) is 0 Å². The molecule has 0 aliphatic heterocycles. The zero-order chi connectivity index (χ0) is 16.1. The molecule has 0 heterocycles. The predicted octanol–water partition coefficient (Wildman–Crippen LogP) is -2.11. The van der Waals surface area contributed by atoms with E-state index in [1.165, 1.54) is 0 Å². The summed E-state index contributed by atoms with van der Waals surface area (Å²) < 4.78 is 14.4. The van der Waals surface area contributed by atoms with Crippen molar-refractivity contribution in [2.45, 2.75) is 12.8 Å². The quantitative estimate of drug-likeness (QED) is 0.287. The standard InChI is InChI=1S/C12H23N3O6/c13-1-4-19-10(16)7-9(12(18)21-6-3-15)8-11(17)20-5-2-14/h9H,1-8,13-15H2. The molecule has 0 aromatic rings. The third-order valence-corrected chi connectivity index (χ3v) is 2.28. The van der Waals surface area contributed by atoms with Gasteiger partial charge in [-0.05, 0) is 0 Å². The molecule has 0 fully saturated rings. The van der Waals surface area contributed by atoms with Gasteiger partial charge in [0.1, 0.15) is 19.8 Å². The van der Waals surface area contributed by atoms with E-state index in [0.29, 0.717) is 0 Å². The number of esters is 3. The fourth-order valence-corrected chi connectivity index (χ4v) is 1.38. The highest BCUT2D eigenvalue weighted by molar-refractivity contribution is 5.84. The summed E-state index contributed by atoms with van der Waals surface area (Å²) in [6, 6.07) is 0. The molecule has 0 saturated carbocycles. The van der Waals surface area contributed by atoms with E-state index in [1.54, 1.807) is 0 Å². The smallest absolute Gasteiger partial charge is 0.310 e. The lowest BCUT2D eigenvalue weighted by molar-refractivity contribution is -0.159. The van der Waals surface area contributed by atoms with E-state index in [-0.39, 0.29) is 52.3 Å². The van der Waals surface area contributed by atoms with Gasteiger partial charge >= 0.3 is 17.9 Å². The van der Waals surface area contributed by atoms with Crippen LogP contribution in [0.3, 0.4) is 0 Å². The summed E-state index contributed by atoms with van der Waals surface area (Å²) >= 11 is 0. The van der Waals surface area contributed by atoms with E-state index >= 15 is 0 Å². The Labute approximate surface area is 123 Å². The summed E-state index contributed by atoms with van der Waals surface area (Å²) in [5, 5.41) is 0. The molecule has 0 amide bonds. The lowest BCUT2D eigenvalue weighted by atomic mass is 10.0. The number of carbonyl (C=O) groups excluding carboxylic acids is 3. The molecule has 6 N–H and O–H groups in total. The SMILES string of the molecule is NCCOC(=O)CC(CC(=O)OCCN)C(=O)OCCN. The predicted molar refractivity (Wildman–Crippen MR) is 72.8 cm³/mol. The van der Waals surface area contributed by atoms with Crippen LogP contribution < -0.4 is 17.2 Å². The molecule has 0 aliphatic rings. The Balaban J connectivity index is 4.49. The fourth-order valence-electron chi connectivity index (χ4n) is 1.38. The summed E-state index contributed by atoms with van der Waals surface area (Å²) in [5.41, 5.74) is 15.6. The second-order valence-corrected chi connectivity index (χ2v) is 4.08. The molecule has 21 heavy (non-hydrogen) atoms. The number of nitrogens with two attached hydrogens (primary N) is 3. The Bertz CT molecular complexity index is 315. The van der Waals surface area contributed by atoms with E-state index in [4.69, 9.17) is 31.4 Å². The minimum atomic E-state index is -0.980. The maximum Gasteiger partial charge on any atom is 0.310 e. The lowest BCUT2D eigenvalue weighted by Crippen LogP contribution is -2.28. The molecule has 0 aromatic carbocycles. The molecule has 0 atom stereocenters. The Kier molecular flexibility index (Phi) is 11.1. The molecule has 122 valence electrons. The van der Waals surface area contributed by atoms with Gasteiger partial charge in [-0.15, -0.1) is 0 Å². The highest BCUT2D eigenvalue weighted by Crippen LogP contribution is 2.13. The van der Waals surface area contributed by atoms with Gasteiger partial charge < -0.3 is 31.4 Å². The first kappa shape index (κ1) is 19.3. The summed E-state index contributed by atoms with van der Waals surface area (Å²) in [4.78, 5) is 34.8. The molecule has 0 saturated heterocycles. The van der Waals surface area contributed by atoms with Crippen LogP contribution in [-0.4, -0.2) is 57.4 Å². The Morgan fingerprint density at radius 3 is 1.48 bits per heavy atom. The molecule has 0 radical (unpaired) electrons. The minimum absolute atomic E-state index is 0.00499. The van der Waals surface area contributed by atoms with Gasteiger partial charge in [-0.2, -0.15) is 0 Å². The van der Waals surface area contributed by atoms with Crippen molar-refractivity contribution in [2.24, 2.45) is 23.1 Å². The monoisotopic (exact) mass is 305 g/mol. The van der Waals surface area contributed by atoms with Gasteiger partial charge in [0.2, 0.25) is 0 Å². The maximum absolute atomic E-state index is 11.8. The number of hydrogen-bond donors (Lipinski definition) is 3. The molecule has 0 unspecified atom stereocenters. The van der Waals surface area contributed by atoms with Crippen molar-refractivity contribution in [3.05, 3.63) is 0 Å². The van der Waals surface area contributed by atoms with Gasteiger partial charge in [0.25, 0.3) is 0 Å². The minimum Gasteiger partial charge on any atom is -0.464 e.